The molecule has 0 bridgehead atoms. The third kappa shape index (κ3) is 16.9. The molecule has 0 radical (unpaired) electrons. The van der Waals surface area contributed by atoms with Crippen molar-refractivity contribution in [2.24, 2.45) is 5.92 Å². The molecule has 3 aromatic rings. The molecule has 324 valence electrons. The van der Waals surface area contributed by atoms with Crippen LogP contribution in [-0.4, -0.2) is 38.2 Å². The number of nitro groups is 1. The molecule has 1 fully saturated rings. The molecule has 0 atom stereocenters. The van der Waals surface area contributed by atoms with Crippen molar-refractivity contribution in [1.82, 2.24) is 0 Å². The fraction of sp³-hybridized carbons (Fsp3) is 0.524. The van der Waals surface area contributed by atoms with Crippen molar-refractivity contribution in [2.45, 2.75) is 104 Å². The summed E-state index contributed by atoms with van der Waals surface area (Å²) in [7, 11) is 1.79. The van der Waals surface area contributed by atoms with Gasteiger partial charge in [-0.15, -0.1) is 0 Å². The predicted octanol–water partition coefficient (Wildman–Crippen LogP) is 13.0. The van der Waals surface area contributed by atoms with Crippen LogP contribution in [0.15, 0.2) is 54.6 Å². The van der Waals surface area contributed by atoms with E-state index in [1.54, 1.807) is 19.2 Å². The van der Waals surface area contributed by atoms with Crippen LogP contribution in [0.5, 0.6) is 0 Å². The molecule has 17 heteroatoms. The van der Waals surface area contributed by atoms with Crippen LogP contribution in [0.2, 0.25) is 0 Å². The van der Waals surface area contributed by atoms with Crippen molar-refractivity contribution >= 4 is 22.7 Å². The number of nitrogens with one attached hydrogen (secondary N) is 1. The van der Waals surface area contributed by atoms with Gasteiger partial charge in [0, 0.05) is 56.4 Å². The van der Waals surface area contributed by atoms with Gasteiger partial charge in [0.1, 0.15) is 5.56 Å². The minimum atomic E-state index is -4.73. The number of nitro benzene ring substituents is 1. The first-order valence-electron chi connectivity index (χ1n) is 19.5. The number of unbranched alkanes of at least 4 members (excludes halogenated alkanes) is 5. The van der Waals surface area contributed by atoms with Crippen LogP contribution in [-0.2, 0) is 18.5 Å². The molecule has 59 heavy (non-hydrogen) atoms. The van der Waals surface area contributed by atoms with E-state index >= 15 is 0 Å². The van der Waals surface area contributed by atoms with Gasteiger partial charge in [-0.05, 0) is 86.6 Å². The zero-order valence-electron chi connectivity index (χ0n) is 33.6. The zero-order chi connectivity index (χ0) is 44.4. The molecule has 0 aliphatic heterocycles. The molecule has 8 nitrogen and oxygen atoms in total. The number of anilines is 3. The highest BCUT2D eigenvalue weighted by atomic mass is 19.4. The Morgan fingerprint density at radius 2 is 1.22 bits per heavy atom. The van der Waals surface area contributed by atoms with E-state index in [0.29, 0.717) is 42.6 Å². The molecular weight excluding hydrogens is 791 g/mol. The number of alkyl halides is 9. The van der Waals surface area contributed by atoms with Gasteiger partial charge in [-0.25, -0.2) is 0 Å². The highest BCUT2D eigenvalue weighted by Gasteiger charge is 2.39. The summed E-state index contributed by atoms with van der Waals surface area (Å²) in [5.41, 5.74) is -3.22. The molecule has 1 aliphatic carbocycles. The topological polar surface area (TPSA) is 109 Å². The Balaban J connectivity index is 0.000000309. The Kier molecular flexibility index (Phi) is 19.8. The van der Waals surface area contributed by atoms with Crippen LogP contribution in [0.3, 0.4) is 0 Å². The maximum atomic E-state index is 13.0. The lowest BCUT2D eigenvalue weighted by Gasteiger charge is -2.25. The summed E-state index contributed by atoms with van der Waals surface area (Å²) in [6.07, 6.45) is -3.02. The number of nitrogens with zero attached hydrogens (tertiary/aromatic N) is 5. The van der Waals surface area contributed by atoms with Crippen LogP contribution in [0, 0.1) is 38.7 Å². The molecule has 0 unspecified atom stereocenters. The van der Waals surface area contributed by atoms with Gasteiger partial charge in [-0.1, -0.05) is 52.9 Å². The van der Waals surface area contributed by atoms with Crippen molar-refractivity contribution in [2.75, 3.05) is 48.3 Å². The number of nitriles is 2. The predicted molar refractivity (Wildman–Crippen MR) is 211 cm³/mol. The average molecular weight is 843 g/mol. The van der Waals surface area contributed by atoms with Gasteiger partial charge in [0.15, 0.2) is 0 Å². The number of hydrogen-bond acceptors (Lipinski definition) is 7. The van der Waals surface area contributed by atoms with Crippen LogP contribution >= 0.6 is 0 Å². The monoisotopic (exact) mass is 842 g/mol. The Hall–Kier alpha value is -5.19. The van der Waals surface area contributed by atoms with Crippen LogP contribution < -0.4 is 15.1 Å². The molecule has 0 saturated heterocycles. The first-order valence-corrected chi connectivity index (χ1v) is 19.5. The van der Waals surface area contributed by atoms with E-state index in [4.69, 9.17) is 10.5 Å². The summed E-state index contributed by atoms with van der Waals surface area (Å²) in [5, 5.41) is 31.0. The standard InChI is InChI=1S/C17H23F3N2.C14H17F3N2O2.C11H11F3N2/c1-3-4-5-6-7-8-11-22(2)15-10-9-14(13-21)16(12-15)17(18,19)20;1-2-7-18(9-10-3-4-10)11-5-6-13(19(20)21)12(8-11)14(15,16)17;1-2-5-16-9-4-3-8(7-15)10(6-9)11(12,13)14/h9-10,12H,3-8,11H2,1-2H3;5-6,8,10H,2-4,7,9H2,1H3;3-4,6,16H,2,5H2,1H3. The largest absolute Gasteiger partial charge is 0.423 e. The van der Waals surface area contributed by atoms with Gasteiger partial charge in [0.2, 0.25) is 0 Å². The van der Waals surface area contributed by atoms with Gasteiger partial charge < -0.3 is 15.1 Å². The third-order valence-corrected chi connectivity index (χ3v) is 9.26. The Morgan fingerprint density at radius 1 is 0.695 bits per heavy atom. The molecular formula is C42H51F9N6O2. The van der Waals surface area contributed by atoms with E-state index in [2.05, 4.69) is 12.2 Å². The number of benzene rings is 3. The van der Waals surface area contributed by atoms with Gasteiger partial charge in [-0.3, -0.25) is 10.1 Å². The van der Waals surface area contributed by atoms with Crippen molar-refractivity contribution in [3.8, 4) is 12.1 Å². The van der Waals surface area contributed by atoms with E-state index in [9.17, 15) is 49.6 Å². The molecule has 0 aromatic heterocycles. The lowest BCUT2D eigenvalue weighted by molar-refractivity contribution is -0.388. The second-order valence-corrected chi connectivity index (χ2v) is 14.2. The molecule has 4 rings (SSSR count). The number of hydrogen-bond donors (Lipinski definition) is 1. The minimum absolute atomic E-state index is 0.329. The second-order valence-electron chi connectivity index (χ2n) is 14.2. The summed E-state index contributed by atoms with van der Waals surface area (Å²) < 4.78 is 115. The molecule has 0 amide bonds. The molecule has 1 aliphatic rings. The summed E-state index contributed by atoms with van der Waals surface area (Å²) in [4.78, 5) is 13.5. The smallest absolute Gasteiger partial charge is 0.385 e. The second kappa shape index (κ2) is 23.4. The maximum Gasteiger partial charge on any atom is 0.423 e. The Morgan fingerprint density at radius 3 is 1.73 bits per heavy atom. The van der Waals surface area contributed by atoms with E-state index in [0.717, 1.165) is 69.3 Å². The molecule has 1 N–H and O–H groups in total. The van der Waals surface area contributed by atoms with E-state index in [1.807, 2.05) is 23.6 Å². The van der Waals surface area contributed by atoms with E-state index < -0.39 is 45.8 Å². The first kappa shape index (κ1) is 50.0. The zero-order valence-corrected chi connectivity index (χ0v) is 33.6. The maximum absolute atomic E-state index is 13.0. The minimum Gasteiger partial charge on any atom is -0.385 e. The normalized spacial score (nSPS) is 12.5. The summed E-state index contributed by atoms with van der Waals surface area (Å²) in [6, 6.07) is 13.9. The van der Waals surface area contributed by atoms with E-state index in [-0.39, 0.29) is 11.1 Å². The molecule has 3 aromatic carbocycles. The third-order valence-electron chi connectivity index (χ3n) is 9.26. The summed E-state index contributed by atoms with van der Waals surface area (Å²) >= 11 is 0. The lowest BCUT2D eigenvalue weighted by Crippen LogP contribution is -2.27. The molecule has 0 spiro atoms. The Bertz CT molecular complexity index is 1860. The van der Waals surface area contributed by atoms with Crippen LogP contribution in [0.1, 0.15) is 113 Å². The summed E-state index contributed by atoms with van der Waals surface area (Å²) in [6.45, 7) is 8.71. The van der Waals surface area contributed by atoms with Gasteiger partial charge in [0.05, 0.1) is 39.3 Å². The molecule has 1 saturated carbocycles. The fourth-order valence-corrected chi connectivity index (χ4v) is 5.93. The van der Waals surface area contributed by atoms with Crippen molar-refractivity contribution in [3.63, 3.8) is 0 Å². The van der Waals surface area contributed by atoms with Gasteiger partial charge in [-0.2, -0.15) is 50.0 Å². The quantitative estimate of drug-likeness (QED) is 0.0624. The average Bonchev–Trinajstić information content (AvgIpc) is 4.01. The van der Waals surface area contributed by atoms with E-state index in [1.165, 1.54) is 56.0 Å². The highest BCUT2D eigenvalue weighted by molar-refractivity contribution is 5.57. The lowest BCUT2D eigenvalue weighted by atomic mass is 10.1. The van der Waals surface area contributed by atoms with Crippen LogP contribution in [0.25, 0.3) is 0 Å². The highest BCUT2D eigenvalue weighted by Crippen LogP contribution is 2.40. The van der Waals surface area contributed by atoms with Gasteiger partial charge >= 0.3 is 18.5 Å². The fourth-order valence-electron chi connectivity index (χ4n) is 5.93. The Labute approximate surface area is 339 Å². The van der Waals surface area contributed by atoms with Crippen molar-refractivity contribution < 1.29 is 44.4 Å². The SMILES string of the molecule is CCCCCCCCN(C)c1ccc(C#N)c(C(F)(F)F)c1.CCCN(CC1CC1)c1ccc([N+](=O)[O-])c(C(F)(F)F)c1.CCCNc1ccc(C#N)c(C(F)(F)F)c1. The molecule has 0 heterocycles. The van der Waals surface area contributed by atoms with Crippen LogP contribution in [0.4, 0.5) is 62.3 Å². The van der Waals surface area contributed by atoms with Crippen molar-refractivity contribution in [1.29, 1.82) is 10.5 Å². The first-order chi connectivity index (χ1) is 27.7. The van der Waals surface area contributed by atoms with Crippen molar-refractivity contribution in [3.05, 3.63) is 92.5 Å². The summed E-state index contributed by atoms with van der Waals surface area (Å²) in [5.74, 6) is 0.529. The number of rotatable bonds is 17. The number of halogens is 9. The van der Waals surface area contributed by atoms with Gasteiger partial charge in [0.25, 0.3) is 5.69 Å².